The van der Waals surface area contributed by atoms with Crippen molar-refractivity contribution in [1.82, 2.24) is 34.7 Å². The van der Waals surface area contributed by atoms with Crippen LogP contribution in [0.3, 0.4) is 0 Å². The van der Waals surface area contributed by atoms with Crippen molar-refractivity contribution in [2.45, 2.75) is 44.5 Å². The number of pyridine rings is 2. The van der Waals surface area contributed by atoms with Crippen molar-refractivity contribution in [3.05, 3.63) is 111 Å². The Labute approximate surface area is 266 Å². The number of halogens is 7. The fourth-order valence-corrected chi connectivity index (χ4v) is 6.13. The number of nitrogen functional groups attached to an aromatic ring is 1. The molecule has 4 heterocycles. The number of aryl methyl sites for hydroxylation is 1. The van der Waals surface area contributed by atoms with E-state index in [1.54, 1.807) is 13.0 Å². The summed E-state index contributed by atoms with van der Waals surface area (Å²) in [7, 11) is 0. The van der Waals surface area contributed by atoms with Crippen LogP contribution in [0.15, 0.2) is 60.0 Å². The molecule has 2 atom stereocenters. The number of nitrogens with zero attached hydrogens (tertiary/aromatic N) is 5. The second-order valence-electron chi connectivity index (χ2n) is 11.4. The molecule has 0 fully saturated rings. The Morgan fingerprint density at radius 2 is 1.90 bits per heavy atom. The zero-order valence-corrected chi connectivity index (χ0v) is 24.9. The maximum Gasteiger partial charge on any atom is 0.435 e. The SMILES string of the molecule is C=CC1Cc2c(C(F)(F)F)nn(CC(=O)NC(Cc3cc(F)cc(F)c3)c3ncc(N)cc3-c3ccc4n[nH]c(=O)n4c3C)c2C1(F)F. The van der Waals surface area contributed by atoms with Gasteiger partial charge in [-0.3, -0.25) is 14.5 Å². The predicted molar refractivity (Wildman–Crippen MR) is 158 cm³/mol. The number of aromatic amines is 1. The summed E-state index contributed by atoms with van der Waals surface area (Å²) < 4.78 is 102. The van der Waals surface area contributed by atoms with E-state index in [1.165, 1.54) is 22.7 Å². The van der Waals surface area contributed by atoms with Gasteiger partial charge < -0.3 is 11.1 Å². The average molecular weight is 675 g/mol. The van der Waals surface area contributed by atoms with Crippen LogP contribution in [-0.2, 0) is 36.3 Å². The number of aromatic nitrogens is 6. The first-order valence-corrected chi connectivity index (χ1v) is 14.3. The first-order valence-electron chi connectivity index (χ1n) is 14.3. The lowest BCUT2D eigenvalue weighted by molar-refractivity contribution is -0.142. The van der Waals surface area contributed by atoms with Crippen molar-refractivity contribution in [2.24, 2.45) is 5.92 Å². The normalized spacial score (nSPS) is 16.2. The van der Waals surface area contributed by atoms with E-state index >= 15 is 8.78 Å². The molecule has 0 saturated heterocycles. The van der Waals surface area contributed by atoms with Crippen LogP contribution in [0.25, 0.3) is 16.8 Å². The zero-order valence-electron chi connectivity index (χ0n) is 24.9. The van der Waals surface area contributed by atoms with E-state index < -0.39 is 77.2 Å². The number of amides is 1. The number of anilines is 1. The largest absolute Gasteiger partial charge is 0.435 e. The number of carbonyl (C=O) groups is 1. The van der Waals surface area contributed by atoms with Gasteiger partial charge in [0, 0.05) is 28.5 Å². The first-order chi connectivity index (χ1) is 22.6. The molecule has 6 rings (SSSR count). The number of nitrogens with one attached hydrogen (secondary N) is 2. The summed E-state index contributed by atoms with van der Waals surface area (Å²) in [5.74, 6) is -8.36. The number of allylic oxidation sites excluding steroid dienone is 1. The Morgan fingerprint density at radius 3 is 2.56 bits per heavy atom. The van der Waals surface area contributed by atoms with Crippen LogP contribution in [0.1, 0.15) is 39.9 Å². The second kappa shape index (κ2) is 11.6. The van der Waals surface area contributed by atoms with Crippen molar-refractivity contribution in [2.75, 3.05) is 5.73 Å². The summed E-state index contributed by atoms with van der Waals surface area (Å²) in [5.41, 5.74) is 3.84. The third-order valence-corrected chi connectivity index (χ3v) is 8.18. The molecule has 5 aromatic rings. The number of alkyl halides is 5. The van der Waals surface area contributed by atoms with E-state index in [0.29, 0.717) is 27.7 Å². The summed E-state index contributed by atoms with van der Waals surface area (Å²) >= 11 is 0. The number of nitrogens with two attached hydrogens (primary N) is 1. The molecule has 1 amide bonds. The van der Waals surface area contributed by atoms with Gasteiger partial charge in [-0.1, -0.05) is 6.08 Å². The molecule has 4 aromatic heterocycles. The van der Waals surface area contributed by atoms with Gasteiger partial charge in [-0.05, 0) is 55.7 Å². The fourth-order valence-electron chi connectivity index (χ4n) is 6.13. The number of carbonyl (C=O) groups excluding carboxylic acids is 1. The Balaban J connectivity index is 1.44. The third kappa shape index (κ3) is 5.68. The lowest BCUT2D eigenvalue weighted by Crippen LogP contribution is -2.35. The van der Waals surface area contributed by atoms with Crippen molar-refractivity contribution in [3.8, 4) is 11.1 Å². The Bertz CT molecular complexity index is 2130. The van der Waals surface area contributed by atoms with Crippen molar-refractivity contribution in [1.29, 1.82) is 0 Å². The van der Waals surface area contributed by atoms with Crippen LogP contribution in [0.5, 0.6) is 0 Å². The van der Waals surface area contributed by atoms with Gasteiger partial charge in [0.05, 0.1) is 29.5 Å². The van der Waals surface area contributed by atoms with Crippen molar-refractivity contribution >= 4 is 17.2 Å². The van der Waals surface area contributed by atoms with Crippen LogP contribution in [-0.4, -0.2) is 35.3 Å². The van der Waals surface area contributed by atoms with Crippen molar-refractivity contribution < 1.29 is 35.5 Å². The van der Waals surface area contributed by atoms with Crippen molar-refractivity contribution in [3.63, 3.8) is 0 Å². The minimum atomic E-state index is -5.08. The summed E-state index contributed by atoms with van der Waals surface area (Å²) in [6, 6.07) is 6.02. The molecule has 1 aromatic carbocycles. The molecule has 10 nitrogen and oxygen atoms in total. The van der Waals surface area contributed by atoms with Crippen LogP contribution in [0.2, 0.25) is 0 Å². The van der Waals surface area contributed by atoms with Gasteiger partial charge in [-0.15, -0.1) is 6.58 Å². The molecule has 1 aliphatic rings. The minimum absolute atomic E-state index is 0.0558. The number of hydrogen-bond donors (Lipinski definition) is 3. The molecule has 0 bridgehead atoms. The highest BCUT2D eigenvalue weighted by Gasteiger charge is 2.55. The minimum Gasteiger partial charge on any atom is -0.397 e. The summed E-state index contributed by atoms with van der Waals surface area (Å²) in [6.07, 6.45) is -3.98. The van der Waals surface area contributed by atoms with E-state index in [1.807, 2.05) is 0 Å². The summed E-state index contributed by atoms with van der Waals surface area (Å²) in [5, 5.41) is 12.2. The van der Waals surface area contributed by atoms with Gasteiger partial charge in [-0.2, -0.15) is 32.1 Å². The van der Waals surface area contributed by atoms with Gasteiger partial charge in [-0.25, -0.2) is 23.1 Å². The lowest BCUT2D eigenvalue weighted by atomic mass is 9.94. The Morgan fingerprint density at radius 1 is 1.19 bits per heavy atom. The van der Waals surface area contributed by atoms with E-state index in [2.05, 4.69) is 32.2 Å². The van der Waals surface area contributed by atoms with Gasteiger partial charge in [0.1, 0.15) is 23.9 Å². The highest BCUT2D eigenvalue weighted by molar-refractivity contribution is 5.78. The van der Waals surface area contributed by atoms with Gasteiger partial charge >= 0.3 is 11.9 Å². The molecule has 48 heavy (non-hydrogen) atoms. The van der Waals surface area contributed by atoms with E-state index in [0.717, 1.165) is 18.2 Å². The predicted octanol–water partition coefficient (Wildman–Crippen LogP) is 5.02. The highest BCUT2D eigenvalue weighted by atomic mass is 19.4. The number of H-pyrrole nitrogens is 1. The number of benzene rings is 1. The molecule has 0 spiro atoms. The fraction of sp³-hybridized carbons (Fsp3) is 0.258. The van der Waals surface area contributed by atoms with Crippen LogP contribution >= 0.6 is 0 Å². The maximum atomic E-state index is 15.3. The third-order valence-electron chi connectivity index (χ3n) is 8.18. The van der Waals surface area contributed by atoms with Crippen LogP contribution in [0, 0.1) is 24.5 Å². The standard InChI is InChI=1S/C31H25F7N8O2/c1-3-16-9-22-27(31(36,37)38)44-45(28(22)30(16,34)35)13-25(47)41-23(8-15-6-17(32)10-18(33)7-15)26-21(11-19(39)12-40-26)20-4-5-24-42-43-29(48)46(24)14(20)2/h3-7,10-12,16,23H,1,8-9,13,39H2,2H3,(H,41,47)(H,43,48). The molecule has 250 valence electrons. The van der Waals surface area contributed by atoms with E-state index in [4.69, 9.17) is 5.73 Å². The molecule has 4 N–H and O–H groups in total. The quantitative estimate of drug-likeness (QED) is 0.156. The average Bonchev–Trinajstić information content (AvgIpc) is 3.63. The number of fused-ring (bicyclic) bond motifs is 2. The molecular weight excluding hydrogens is 649 g/mol. The number of rotatable bonds is 8. The van der Waals surface area contributed by atoms with Gasteiger partial charge in [0.2, 0.25) is 5.91 Å². The number of hydrogen-bond acceptors (Lipinski definition) is 6. The van der Waals surface area contributed by atoms with Crippen LogP contribution in [0.4, 0.5) is 36.4 Å². The van der Waals surface area contributed by atoms with Gasteiger partial charge in [0.15, 0.2) is 11.3 Å². The zero-order chi connectivity index (χ0) is 34.7. The molecule has 0 saturated carbocycles. The summed E-state index contributed by atoms with van der Waals surface area (Å²) in [6.45, 7) is 3.85. The smallest absolute Gasteiger partial charge is 0.397 e. The summed E-state index contributed by atoms with van der Waals surface area (Å²) in [4.78, 5) is 30.4. The molecule has 1 aliphatic carbocycles. The van der Waals surface area contributed by atoms with Gasteiger partial charge in [0.25, 0.3) is 5.92 Å². The molecule has 2 unspecified atom stereocenters. The second-order valence-corrected chi connectivity index (χ2v) is 11.4. The highest BCUT2D eigenvalue weighted by Crippen LogP contribution is 2.50. The monoisotopic (exact) mass is 674 g/mol. The maximum absolute atomic E-state index is 15.3. The molecular formula is C31H25F7N8O2. The van der Waals surface area contributed by atoms with E-state index in [-0.39, 0.29) is 28.9 Å². The van der Waals surface area contributed by atoms with E-state index in [9.17, 15) is 31.5 Å². The Kier molecular flexibility index (Phi) is 7.87. The lowest BCUT2D eigenvalue weighted by Gasteiger charge is -2.23. The van der Waals surface area contributed by atoms with Crippen LogP contribution < -0.4 is 16.7 Å². The topological polar surface area (TPSA) is 136 Å². The molecule has 0 radical (unpaired) electrons. The first kappa shape index (κ1) is 32.5. The molecule has 0 aliphatic heterocycles. The molecule has 17 heteroatoms. The Hall–Kier alpha value is -5.48.